The summed E-state index contributed by atoms with van der Waals surface area (Å²) in [5.41, 5.74) is 5.67. The van der Waals surface area contributed by atoms with E-state index in [-0.39, 0.29) is 25.0 Å². The Morgan fingerprint density at radius 1 is 1.29 bits per heavy atom. The third-order valence-corrected chi connectivity index (χ3v) is 2.94. The Bertz CT molecular complexity index is 408. The topological polar surface area (TPSA) is 74.2 Å². The molecule has 0 aromatic carbocycles. The van der Waals surface area contributed by atoms with Gasteiger partial charge in [0.25, 0.3) is 0 Å². The minimum absolute atomic E-state index is 0.0858. The lowest BCUT2D eigenvalue weighted by Crippen LogP contribution is -2.18. The predicted octanol–water partition coefficient (Wildman–Crippen LogP) is 2.81. The van der Waals surface area contributed by atoms with Gasteiger partial charge in [0.15, 0.2) is 5.82 Å². The molecule has 1 aromatic rings. The van der Waals surface area contributed by atoms with E-state index in [1.165, 1.54) is 0 Å². The van der Waals surface area contributed by atoms with Crippen LogP contribution in [0.15, 0.2) is 4.52 Å². The summed E-state index contributed by atoms with van der Waals surface area (Å²) in [7, 11) is 0. The van der Waals surface area contributed by atoms with Gasteiger partial charge in [-0.3, -0.25) is 0 Å². The van der Waals surface area contributed by atoms with E-state index in [0.717, 1.165) is 19.3 Å². The Labute approximate surface area is 122 Å². The molecule has 0 amide bonds. The van der Waals surface area contributed by atoms with Gasteiger partial charge in [0.1, 0.15) is 6.61 Å². The minimum Gasteiger partial charge on any atom is -0.372 e. The second kappa shape index (κ2) is 8.33. The average molecular weight is 309 g/mol. The van der Waals surface area contributed by atoms with E-state index in [0.29, 0.717) is 11.7 Å². The van der Waals surface area contributed by atoms with Crippen LogP contribution in [0.5, 0.6) is 0 Å². The quantitative estimate of drug-likeness (QED) is 0.710. The molecule has 0 bridgehead atoms. The predicted molar refractivity (Wildman–Crippen MR) is 70.8 cm³/mol. The van der Waals surface area contributed by atoms with Crippen LogP contribution in [0.2, 0.25) is 0 Å². The maximum Gasteiger partial charge on any atom is 0.411 e. The van der Waals surface area contributed by atoms with Crippen molar-refractivity contribution in [2.24, 2.45) is 5.73 Å². The van der Waals surface area contributed by atoms with Gasteiger partial charge >= 0.3 is 6.18 Å². The first-order chi connectivity index (χ1) is 9.78. The summed E-state index contributed by atoms with van der Waals surface area (Å²) in [4.78, 5) is 4.17. The third-order valence-electron chi connectivity index (χ3n) is 2.94. The van der Waals surface area contributed by atoms with E-state index < -0.39 is 12.8 Å². The molecule has 2 unspecified atom stereocenters. The normalized spacial score (nSPS) is 15.1. The van der Waals surface area contributed by atoms with Crippen molar-refractivity contribution in [1.82, 2.24) is 10.1 Å². The zero-order chi connectivity index (χ0) is 15.9. The third kappa shape index (κ3) is 8.01. The lowest BCUT2D eigenvalue weighted by Gasteiger charge is -2.07. The van der Waals surface area contributed by atoms with Crippen LogP contribution in [0.3, 0.4) is 0 Å². The Morgan fingerprint density at radius 2 is 2.00 bits per heavy atom. The maximum absolute atomic E-state index is 11.9. The fourth-order valence-electron chi connectivity index (χ4n) is 1.79. The second-order valence-electron chi connectivity index (χ2n) is 5.28. The molecule has 2 N–H and O–H groups in total. The van der Waals surface area contributed by atoms with Crippen molar-refractivity contribution < 1.29 is 22.4 Å². The van der Waals surface area contributed by atoms with Gasteiger partial charge in [0, 0.05) is 18.4 Å². The SMILES string of the molecule is CC(N)CCCC(C)c1nc(CCOCC(F)(F)F)no1. The molecular formula is C13H22F3N3O2. The van der Waals surface area contributed by atoms with Crippen LogP contribution in [-0.2, 0) is 11.2 Å². The van der Waals surface area contributed by atoms with E-state index in [2.05, 4.69) is 14.9 Å². The van der Waals surface area contributed by atoms with Crippen LogP contribution in [0.4, 0.5) is 13.2 Å². The van der Waals surface area contributed by atoms with Gasteiger partial charge in [-0.25, -0.2) is 0 Å². The van der Waals surface area contributed by atoms with E-state index >= 15 is 0 Å². The van der Waals surface area contributed by atoms with Gasteiger partial charge < -0.3 is 15.0 Å². The lowest BCUT2D eigenvalue weighted by molar-refractivity contribution is -0.173. The highest BCUT2D eigenvalue weighted by Crippen LogP contribution is 2.20. The van der Waals surface area contributed by atoms with Crippen molar-refractivity contribution in [3.63, 3.8) is 0 Å². The molecular weight excluding hydrogens is 287 g/mol. The van der Waals surface area contributed by atoms with E-state index in [4.69, 9.17) is 10.3 Å². The molecule has 1 aromatic heterocycles. The molecule has 0 saturated carbocycles. The largest absolute Gasteiger partial charge is 0.411 e. The number of nitrogens with zero attached hydrogens (tertiary/aromatic N) is 2. The second-order valence-corrected chi connectivity index (χ2v) is 5.28. The zero-order valence-electron chi connectivity index (χ0n) is 12.3. The van der Waals surface area contributed by atoms with Crippen molar-refractivity contribution in [2.45, 2.75) is 57.7 Å². The summed E-state index contributed by atoms with van der Waals surface area (Å²) in [5, 5.41) is 3.74. The Hall–Kier alpha value is -1.15. The number of nitrogens with two attached hydrogens (primary N) is 1. The molecule has 8 heteroatoms. The number of ether oxygens (including phenoxy) is 1. The molecule has 1 heterocycles. The van der Waals surface area contributed by atoms with Crippen LogP contribution in [0.1, 0.15) is 50.7 Å². The van der Waals surface area contributed by atoms with Crippen molar-refractivity contribution >= 4 is 0 Å². The Balaban J connectivity index is 2.28. The molecule has 0 aliphatic heterocycles. The van der Waals surface area contributed by atoms with Crippen LogP contribution >= 0.6 is 0 Å². The summed E-state index contributed by atoms with van der Waals surface area (Å²) >= 11 is 0. The molecule has 2 atom stereocenters. The van der Waals surface area contributed by atoms with Crippen LogP contribution < -0.4 is 5.73 Å². The zero-order valence-corrected chi connectivity index (χ0v) is 12.3. The molecule has 0 aliphatic rings. The fourth-order valence-corrected chi connectivity index (χ4v) is 1.79. The average Bonchev–Trinajstić information content (AvgIpc) is 2.81. The van der Waals surface area contributed by atoms with Gasteiger partial charge in [-0.15, -0.1) is 0 Å². The van der Waals surface area contributed by atoms with Crippen LogP contribution in [-0.4, -0.2) is 35.6 Å². The number of aromatic nitrogens is 2. The first kappa shape index (κ1) is 17.9. The highest BCUT2D eigenvalue weighted by atomic mass is 19.4. The molecule has 0 saturated heterocycles. The summed E-state index contributed by atoms with van der Waals surface area (Å²) < 4.78 is 45.3. The van der Waals surface area contributed by atoms with Gasteiger partial charge in [-0.2, -0.15) is 18.2 Å². The first-order valence-corrected chi connectivity index (χ1v) is 7.00. The summed E-state index contributed by atoms with van der Waals surface area (Å²) in [6.45, 7) is 2.58. The first-order valence-electron chi connectivity index (χ1n) is 7.00. The number of alkyl halides is 3. The minimum atomic E-state index is -4.31. The standard InChI is InChI=1S/C13H22F3N3O2/c1-9(4-3-5-10(2)17)12-18-11(19-21-12)6-7-20-8-13(14,15)16/h9-10H,3-8,17H2,1-2H3. The Kier molecular flexibility index (Phi) is 7.10. The summed E-state index contributed by atoms with van der Waals surface area (Å²) in [6, 6.07) is 0.168. The van der Waals surface area contributed by atoms with Crippen molar-refractivity contribution in [3.8, 4) is 0 Å². The lowest BCUT2D eigenvalue weighted by atomic mass is 10.0. The van der Waals surface area contributed by atoms with Crippen LogP contribution in [0.25, 0.3) is 0 Å². The smallest absolute Gasteiger partial charge is 0.372 e. The number of hydrogen-bond donors (Lipinski definition) is 1. The van der Waals surface area contributed by atoms with Crippen molar-refractivity contribution in [1.29, 1.82) is 0 Å². The van der Waals surface area contributed by atoms with E-state index in [1.807, 2.05) is 13.8 Å². The molecule has 0 aliphatic carbocycles. The molecule has 122 valence electrons. The highest BCUT2D eigenvalue weighted by molar-refractivity contribution is 4.92. The van der Waals surface area contributed by atoms with E-state index in [1.54, 1.807) is 0 Å². The highest BCUT2D eigenvalue weighted by Gasteiger charge is 2.27. The summed E-state index contributed by atoms with van der Waals surface area (Å²) in [5.74, 6) is 0.984. The van der Waals surface area contributed by atoms with Gasteiger partial charge in [-0.1, -0.05) is 18.5 Å². The maximum atomic E-state index is 11.9. The monoisotopic (exact) mass is 309 g/mol. The van der Waals surface area contributed by atoms with Crippen molar-refractivity contribution in [2.75, 3.05) is 13.2 Å². The van der Waals surface area contributed by atoms with Crippen LogP contribution in [0, 0.1) is 0 Å². The molecule has 0 spiro atoms. The molecule has 21 heavy (non-hydrogen) atoms. The van der Waals surface area contributed by atoms with Gasteiger partial charge in [0.05, 0.1) is 6.61 Å². The van der Waals surface area contributed by atoms with Gasteiger partial charge in [0.2, 0.25) is 5.89 Å². The fraction of sp³-hybridized carbons (Fsp3) is 0.846. The van der Waals surface area contributed by atoms with Gasteiger partial charge in [-0.05, 0) is 19.8 Å². The molecule has 5 nitrogen and oxygen atoms in total. The molecule has 0 fully saturated rings. The Morgan fingerprint density at radius 3 is 2.62 bits per heavy atom. The number of halogens is 3. The van der Waals surface area contributed by atoms with Crippen molar-refractivity contribution in [3.05, 3.63) is 11.7 Å². The number of rotatable bonds is 9. The van der Waals surface area contributed by atoms with E-state index in [9.17, 15) is 13.2 Å². The molecule has 1 rings (SSSR count). The number of hydrogen-bond acceptors (Lipinski definition) is 5. The molecule has 0 radical (unpaired) electrons. The summed E-state index contributed by atoms with van der Waals surface area (Å²) in [6.07, 6.45) is -1.33.